The molecule has 0 aliphatic heterocycles. The summed E-state index contributed by atoms with van der Waals surface area (Å²) in [6.45, 7) is 3.07. The predicted octanol–water partition coefficient (Wildman–Crippen LogP) is 5.98. The summed E-state index contributed by atoms with van der Waals surface area (Å²) in [6, 6.07) is 21.1. The highest BCUT2D eigenvalue weighted by molar-refractivity contribution is 7.98. The molecular weight excluding hydrogens is 396 g/mol. The molecule has 0 radical (unpaired) electrons. The predicted molar refractivity (Wildman–Crippen MR) is 119 cm³/mol. The Morgan fingerprint density at radius 1 is 1.00 bits per heavy atom. The first kappa shape index (κ1) is 18.6. The number of hydrogen-bond acceptors (Lipinski definition) is 5. The van der Waals surface area contributed by atoms with Crippen molar-refractivity contribution < 1.29 is 0 Å². The summed E-state index contributed by atoms with van der Waals surface area (Å²) >= 11 is 3.43. The molecule has 4 aromatic rings. The van der Waals surface area contributed by atoms with Crippen LogP contribution in [0.25, 0.3) is 10.6 Å². The first-order chi connectivity index (χ1) is 14.3. The molecule has 1 fully saturated rings. The number of hydrogen-bond donors (Lipinski definition) is 0. The van der Waals surface area contributed by atoms with E-state index >= 15 is 0 Å². The summed E-state index contributed by atoms with van der Waals surface area (Å²) in [5.41, 5.74) is 3.68. The molecule has 6 heteroatoms. The summed E-state index contributed by atoms with van der Waals surface area (Å²) in [4.78, 5) is 4.80. The number of nitrogens with zero attached hydrogens (tertiary/aromatic N) is 4. The average molecular weight is 419 g/mol. The zero-order valence-electron chi connectivity index (χ0n) is 16.2. The van der Waals surface area contributed by atoms with Gasteiger partial charge in [0.1, 0.15) is 10.8 Å². The van der Waals surface area contributed by atoms with Crippen LogP contribution in [-0.2, 0) is 12.3 Å². The van der Waals surface area contributed by atoms with Gasteiger partial charge in [0.2, 0.25) is 0 Å². The Bertz CT molecular complexity index is 1090. The van der Waals surface area contributed by atoms with E-state index in [-0.39, 0.29) is 0 Å². The highest BCUT2D eigenvalue weighted by Crippen LogP contribution is 2.54. The van der Waals surface area contributed by atoms with Crippen molar-refractivity contribution in [3.05, 3.63) is 83.1 Å². The first-order valence-electron chi connectivity index (χ1n) is 9.94. The van der Waals surface area contributed by atoms with E-state index in [1.807, 2.05) is 6.07 Å². The molecule has 146 valence electrons. The van der Waals surface area contributed by atoms with Crippen LogP contribution in [0.2, 0.25) is 0 Å². The maximum Gasteiger partial charge on any atom is 0.191 e. The van der Waals surface area contributed by atoms with Gasteiger partial charge >= 0.3 is 0 Å². The van der Waals surface area contributed by atoms with Crippen molar-refractivity contribution in [3.8, 4) is 10.6 Å². The second-order valence-corrected chi connectivity index (χ2v) is 9.04. The minimum atomic E-state index is 0.489. The molecule has 0 spiro atoms. The van der Waals surface area contributed by atoms with Gasteiger partial charge in [0.15, 0.2) is 5.16 Å². The molecule has 29 heavy (non-hydrogen) atoms. The van der Waals surface area contributed by atoms with Crippen LogP contribution in [0, 0.1) is 0 Å². The van der Waals surface area contributed by atoms with E-state index in [0.717, 1.165) is 34.0 Å². The van der Waals surface area contributed by atoms with Crippen molar-refractivity contribution in [1.29, 1.82) is 0 Å². The fourth-order valence-electron chi connectivity index (χ4n) is 3.75. The molecule has 2 atom stereocenters. The van der Waals surface area contributed by atoms with Crippen LogP contribution in [0.3, 0.4) is 0 Å². The van der Waals surface area contributed by atoms with Gasteiger partial charge in [-0.25, -0.2) is 4.98 Å². The number of benzene rings is 2. The molecule has 2 aromatic heterocycles. The summed E-state index contributed by atoms with van der Waals surface area (Å²) < 4.78 is 2.28. The minimum absolute atomic E-state index is 0.489. The zero-order valence-corrected chi connectivity index (χ0v) is 17.9. The molecule has 0 bridgehead atoms. The topological polar surface area (TPSA) is 43.6 Å². The lowest BCUT2D eigenvalue weighted by atomic mass is 10.1. The van der Waals surface area contributed by atoms with E-state index in [9.17, 15) is 0 Å². The molecule has 0 amide bonds. The van der Waals surface area contributed by atoms with Crippen molar-refractivity contribution in [3.63, 3.8) is 0 Å². The lowest BCUT2D eigenvalue weighted by molar-refractivity contribution is 0.640. The molecular formula is C23H22N4S2. The van der Waals surface area contributed by atoms with Crippen LogP contribution < -0.4 is 0 Å². The summed E-state index contributed by atoms with van der Waals surface area (Å²) in [7, 11) is 0. The molecule has 1 aliphatic rings. The van der Waals surface area contributed by atoms with Crippen molar-refractivity contribution in [2.75, 3.05) is 0 Å². The molecule has 1 aliphatic carbocycles. The highest BCUT2D eigenvalue weighted by Gasteiger charge is 2.43. The SMILES string of the molecule is CCn1c(SCc2csc(-c3ccccc3)n2)nnc1C1CC1c1ccccc1. The van der Waals surface area contributed by atoms with Crippen molar-refractivity contribution in [1.82, 2.24) is 19.7 Å². The maximum absolute atomic E-state index is 4.80. The highest BCUT2D eigenvalue weighted by atomic mass is 32.2. The van der Waals surface area contributed by atoms with Gasteiger partial charge in [0.05, 0.1) is 5.69 Å². The lowest BCUT2D eigenvalue weighted by Crippen LogP contribution is -2.03. The van der Waals surface area contributed by atoms with E-state index in [1.54, 1.807) is 23.1 Å². The van der Waals surface area contributed by atoms with Gasteiger partial charge in [-0.05, 0) is 24.8 Å². The van der Waals surface area contributed by atoms with Crippen LogP contribution in [0.5, 0.6) is 0 Å². The Balaban J connectivity index is 1.28. The second kappa shape index (κ2) is 8.13. The van der Waals surface area contributed by atoms with Crippen LogP contribution in [-0.4, -0.2) is 19.7 Å². The van der Waals surface area contributed by atoms with E-state index in [1.165, 1.54) is 17.5 Å². The monoisotopic (exact) mass is 418 g/mol. The van der Waals surface area contributed by atoms with Gasteiger partial charge in [0.25, 0.3) is 0 Å². The Hall–Kier alpha value is -2.44. The largest absolute Gasteiger partial charge is 0.306 e. The normalized spacial score (nSPS) is 18.1. The van der Waals surface area contributed by atoms with E-state index < -0.39 is 0 Å². The van der Waals surface area contributed by atoms with Crippen LogP contribution in [0.1, 0.15) is 42.3 Å². The fraction of sp³-hybridized carbons (Fsp3) is 0.261. The summed E-state index contributed by atoms with van der Waals surface area (Å²) in [5.74, 6) is 3.01. The first-order valence-corrected chi connectivity index (χ1v) is 11.8. The Labute approximate surface area is 179 Å². The molecule has 0 saturated heterocycles. The second-order valence-electron chi connectivity index (χ2n) is 7.24. The molecule has 4 nitrogen and oxygen atoms in total. The van der Waals surface area contributed by atoms with E-state index in [2.05, 4.69) is 81.7 Å². The number of thioether (sulfide) groups is 1. The average Bonchev–Trinajstić information content (AvgIpc) is 3.24. The van der Waals surface area contributed by atoms with Gasteiger partial charge < -0.3 is 4.57 Å². The third-order valence-corrected chi connectivity index (χ3v) is 7.27. The summed E-state index contributed by atoms with van der Waals surface area (Å²) in [6.07, 6.45) is 1.17. The van der Waals surface area contributed by atoms with Gasteiger partial charge in [-0.3, -0.25) is 0 Å². The number of aromatic nitrogens is 4. The quantitative estimate of drug-likeness (QED) is 0.346. The Morgan fingerprint density at radius 3 is 2.52 bits per heavy atom. The van der Waals surface area contributed by atoms with Crippen molar-refractivity contribution >= 4 is 23.1 Å². The smallest absolute Gasteiger partial charge is 0.191 e. The minimum Gasteiger partial charge on any atom is -0.306 e. The van der Waals surface area contributed by atoms with Crippen LogP contribution in [0.4, 0.5) is 0 Å². The van der Waals surface area contributed by atoms with Crippen LogP contribution >= 0.6 is 23.1 Å². The van der Waals surface area contributed by atoms with Crippen molar-refractivity contribution in [2.45, 2.75) is 42.6 Å². The van der Waals surface area contributed by atoms with Gasteiger partial charge in [-0.1, -0.05) is 72.4 Å². The molecule has 5 rings (SSSR count). The number of rotatable bonds is 7. The number of thiazole rings is 1. The standard InChI is InChI=1S/C23H22N4S2/c1-2-27-21(20-13-19(20)16-9-5-3-6-10-16)25-26-23(27)29-15-18-14-28-22(24-18)17-11-7-4-8-12-17/h3-12,14,19-20H,2,13,15H2,1H3. The lowest BCUT2D eigenvalue weighted by Gasteiger charge is -2.06. The molecule has 0 N–H and O–H groups in total. The third-order valence-electron chi connectivity index (χ3n) is 5.33. The van der Waals surface area contributed by atoms with Gasteiger partial charge in [-0.15, -0.1) is 21.5 Å². The molecule has 2 aromatic carbocycles. The summed E-state index contributed by atoms with van der Waals surface area (Å²) in [5, 5.41) is 13.3. The Kier molecular flexibility index (Phi) is 5.21. The molecule has 2 unspecified atom stereocenters. The van der Waals surface area contributed by atoms with E-state index in [4.69, 9.17) is 4.98 Å². The maximum atomic E-state index is 4.80. The molecule has 1 saturated carbocycles. The third kappa shape index (κ3) is 3.87. The zero-order chi connectivity index (χ0) is 19.6. The van der Waals surface area contributed by atoms with E-state index in [0.29, 0.717) is 11.8 Å². The molecule has 2 heterocycles. The van der Waals surface area contributed by atoms with Gasteiger partial charge in [-0.2, -0.15) is 0 Å². The van der Waals surface area contributed by atoms with Crippen LogP contribution in [0.15, 0.2) is 71.2 Å². The van der Waals surface area contributed by atoms with Crippen molar-refractivity contribution in [2.24, 2.45) is 0 Å². The van der Waals surface area contributed by atoms with Gasteiger partial charge in [0, 0.05) is 29.2 Å². The fourth-order valence-corrected chi connectivity index (χ4v) is 5.59. The Morgan fingerprint density at radius 2 is 1.76 bits per heavy atom.